The number of aromatic nitrogens is 2. The van der Waals surface area contributed by atoms with Gasteiger partial charge in [-0.2, -0.15) is 5.10 Å². The van der Waals surface area contributed by atoms with Crippen LogP contribution in [-0.2, 0) is 13.6 Å². The first-order chi connectivity index (χ1) is 8.99. The van der Waals surface area contributed by atoms with Gasteiger partial charge in [0.25, 0.3) is 0 Å². The summed E-state index contributed by atoms with van der Waals surface area (Å²) in [5.41, 5.74) is 1.71. The van der Waals surface area contributed by atoms with Crippen molar-refractivity contribution in [3.8, 4) is 0 Å². The molecule has 0 saturated heterocycles. The Hall–Kier alpha value is -2.01. The zero-order chi connectivity index (χ0) is 14.0. The number of carboxylic acid groups (broad SMARTS) is 1. The standard InChI is InChI=1S/C13H14ClN3O2/c1-16(7-9-6-15-17(2)8-9)11-5-3-4-10(14)12(11)13(18)19/h3-6,8H,7H2,1-2H3,(H,18,19). The summed E-state index contributed by atoms with van der Waals surface area (Å²) < 4.78 is 1.71. The Morgan fingerprint density at radius 3 is 2.84 bits per heavy atom. The maximum absolute atomic E-state index is 11.3. The lowest BCUT2D eigenvalue weighted by atomic mass is 10.1. The van der Waals surface area contributed by atoms with Crippen LogP contribution in [0.5, 0.6) is 0 Å². The first-order valence-electron chi connectivity index (χ1n) is 5.69. The molecule has 2 rings (SSSR count). The molecule has 1 aromatic heterocycles. The average molecular weight is 280 g/mol. The van der Waals surface area contributed by atoms with Crippen LogP contribution in [0.25, 0.3) is 0 Å². The summed E-state index contributed by atoms with van der Waals surface area (Å²) in [4.78, 5) is 13.1. The number of aryl methyl sites for hydroxylation is 1. The Morgan fingerprint density at radius 2 is 2.26 bits per heavy atom. The van der Waals surface area contributed by atoms with Crippen LogP contribution in [0.15, 0.2) is 30.6 Å². The molecule has 1 heterocycles. The summed E-state index contributed by atoms with van der Waals surface area (Å²) in [6.45, 7) is 0.564. The molecule has 0 aliphatic rings. The van der Waals surface area contributed by atoms with E-state index in [0.29, 0.717) is 12.2 Å². The smallest absolute Gasteiger partial charge is 0.339 e. The molecule has 0 fully saturated rings. The van der Waals surface area contributed by atoms with Crippen molar-refractivity contribution >= 4 is 23.3 Å². The van der Waals surface area contributed by atoms with Crippen molar-refractivity contribution in [2.75, 3.05) is 11.9 Å². The van der Waals surface area contributed by atoms with Crippen LogP contribution < -0.4 is 4.90 Å². The van der Waals surface area contributed by atoms with Crippen LogP contribution >= 0.6 is 11.6 Å². The molecule has 1 N–H and O–H groups in total. The van der Waals surface area contributed by atoms with Crippen LogP contribution in [0.4, 0.5) is 5.69 Å². The molecule has 0 atom stereocenters. The third-order valence-electron chi connectivity index (χ3n) is 2.79. The van der Waals surface area contributed by atoms with E-state index in [1.807, 2.05) is 25.2 Å². The summed E-state index contributed by atoms with van der Waals surface area (Å²) in [6, 6.07) is 5.06. The van der Waals surface area contributed by atoms with E-state index in [1.165, 1.54) is 0 Å². The molecule has 0 bridgehead atoms. The second-order valence-corrected chi connectivity index (χ2v) is 4.72. The van der Waals surface area contributed by atoms with E-state index in [1.54, 1.807) is 29.1 Å². The average Bonchev–Trinajstić information content (AvgIpc) is 2.73. The lowest BCUT2D eigenvalue weighted by molar-refractivity contribution is 0.0697. The molecular weight excluding hydrogens is 266 g/mol. The Morgan fingerprint density at radius 1 is 1.53 bits per heavy atom. The number of halogens is 1. The second kappa shape index (κ2) is 5.32. The predicted molar refractivity (Wildman–Crippen MR) is 73.7 cm³/mol. The fourth-order valence-corrected chi connectivity index (χ4v) is 2.21. The third kappa shape index (κ3) is 2.88. The molecule has 0 aliphatic heterocycles. The molecule has 0 aliphatic carbocycles. The second-order valence-electron chi connectivity index (χ2n) is 4.32. The lowest BCUT2D eigenvalue weighted by Crippen LogP contribution is -2.19. The van der Waals surface area contributed by atoms with Crippen LogP contribution in [0.3, 0.4) is 0 Å². The summed E-state index contributed by atoms with van der Waals surface area (Å²) in [7, 11) is 3.66. The third-order valence-corrected chi connectivity index (χ3v) is 3.11. The van der Waals surface area contributed by atoms with Gasteiger partial charge in [-0.15, -0.1) is 0 Å². The van der Waals surface area contributed by atoms with Gasteiger partial charge in [-0.3, -0.25) is 4.68 Å². The van der Waals surface area contributed by atoms with Crippen molar-refractivity contribution < 1.29 is 9.90 Å². The van der Waals surface area contributed by atoms with E-state index >= 15 is 0 Å². The molecule has 5 nitrogen and oxygen atoms in total. The van der Waals surface area contributed by atoms with Crippen LogP contribution in [0.2, 0.25) is 5.02 Å². The Balaban J connectivity index is 2.31. The quantitative estimate of drug-likeness (QED) is 0.934. The highest BCUT2D eigenvalue weighted by Crippen LogP contribution is 2.27. The van der Waals surface area contributed by atoms with Gasteiger partial charge in [-0.1, -0.05) is 17.7 Å². The molecule has 0 amide bonds. The van der Waals surface area contributed by atoms with Gasteiger partial charge in [0.15, 0.2) is 0 Å². The SMILES string of the molecule is CN(Cc1cnn(C)c1)c1cccc(Cl)c1C(=O)O. The van der Waals surface area contributed by atoms with E-state index < -0.39 is 5.97 Å². The van der Waals surface area contributed by atoms with Crippen molar-refractivity contribution in [2.24, 2.45) is 7.05 Å². The number of nitrogens with zero attached hydrogens (tertiary/aromatic N) is 3. The molecule has 0 spiro atoms. The minimum Gasteiger partial charge on any atom is -0.478 e. The Bertz CT molecular complexity index is 610. The van der Waals surface area contributed by atoms with Crippen LogP contribution in [0.1, 0.15) is 15.9 Å². The zero-order valence-corrected chi connectivity index (χ0v) is 11.4. The van der Waals surface area contributed by atoms with Gasteiger partial charge < -0.3 is 10.0 Å². The fourth-order valence-electron chi connectivity index (χ4n) is 1.96. The zero-order valence-electron chi connectivity index (χ0n) is 10.7. The number of aromatic carboxylic acids is 1. The number of anilines is 1. The van der Waals surface area contributed by atoms with E-state index in [9.17, 15) is 9.90 Å². The monoisotopic (exact) mass is 279 g/mol. The van der Waals surface area contributed by atoms with Gasteiger partial charge in [-0.05, 0) is 12.1 Å². The van der Waals surface area contributed by atoms with E-state index in [2.05, 4.69) is 5.10 Å². The van der Waals surface area contributed by atoms with Gasteiger partial charge in [-0.25, -0.2) is 4.79 Å². The van der Waals surface area contributed by atoms with Crippen molar-refractivity contribution in [3.63, 3.8) is 0 Å². The van der Waals surface area contributed by atoms with Gasteiger partial charge in [0.05, 0.1) is 16.9 Å². The lowest BCUT2D eigenvalue weighted by Gasteiger charge is -2.21. The molecule has 0 radical (unpaired) electrons. The fraction of sp³-hybridized carbons (Fsp3) is 0.231. The highest BCUT2D eigenvalue weighted by Gasteiger charge is 2.17. The normalized spacial score (nSPS) is 10.5. The molecule has 2 aromatic rings. The van der Waals surface area contributed by atoms with Gasteiger partial charge in [0.1, 0.15) is 5.56 Å². The number of carbonyl (C=O) groups is 1. The number of rotatable bonds is 4. The summed E-state index contributed by atoms with van der Waals surface area (Å²) in [6.07, 6.45) is 3.64. The highest BCUT2D eigenvalue weighted by molar-refractivity contribution is 6.34. The summed E-state index contributed by atoms with van der Waals surface area (Å²) in [5.74, 6) is -1.03. The van der Waals surface area contributed by atoms with Crippen LogP contribution in [0, 0.1) is 0 Å². The van der Waals surface area contributed by atoms with Crippen molar-refractivity contribution in [1.29, 1.82) is 0 Å². The number of hydrogen-bond donors (Lipinski definition) is 1. The van der Waals surface area contributed by atoms with Crippen molar-refractivity contribution in [3.05, 3.63) is 46.7 Å². The Kier molecular flexibility index (Phi) is 3.76. The summed E-state index contributed by atoms with van der Waals surface area (Å²) in [5, 5.41) is 13.6. The first kappa shape index (κ1) is 13.4. The highest BCUT2D eigenvalue weighted by atomic mass is 35.5. The van der Waals surface area contributed by atoms with Crippen molar-refractivity contribution in [1.82, 2.24) is 9.78 Å². The number of hydrogen-bond acceptors (Lipinski definition) is 3. The van der Waals surface area contributed by atoms with Gasteiger partial charge >= 0.3 is 5.97 Å². The topological polar surface area (TPSA) is 58.4 Å². The number of carboxylic acids is 1. The maximum atomic E-state index is 11.3. The summed E-state index contributed by atoms with van der Waals surface area (Å²) >= 11 is 5.95. The minimum absolute atomic E-state index is 0.121. The molecule has 0 unspecified atom stereocenters. The van der Waals surface area contributed by atoms with Crippen LogP contribution in [-0.4, -0.2) is 27.9 Å². The first-order valence-corrected chi connectivity index (χ1v) is 6.07. The molecule has 0 saturated carbocycles. The molecular formula is C13H14ClN3O2. The predicted octanol–water partition coefficient (Wildman–Crippen LogP) is 2.41. The molecule has 100 valence electrons. The van der Waals surface area contributed by atoms with Gasteiger partial charge in [0.2, 0.25) is 0 Å². The molecule has 1 aromatic carbocycles. The molecule has 6 heteroatoms. The largest absolute Gasteiger partial charge is 0.478 e. The minimum atomic E-state index is -1.03. The molecule has 19 heavy (non-hydrogen) atoms. The van der Waals surface area contributed by atoms with Gasteiger partial charge in [0, 0.05) is 32.4 Å². The number of benzene rings is 1. The Labute approximate surface area is 116 Å². The van der Waals surface area contributed by atoms with Crippen molar-refractivity contribution in [2.45, 2.75) is 6.54 Å². The maximum Gasteiger partial charge on any atom is 0.339 e. The van der Waals surface area contributed by atoms with E-state index in [0.717, 1.165) is 5.56 Å². The van der Waals surface area contributed by atoms with E-state index in [-0.39, 0.29) is 10.6 Å². The van der Waals surface area contributed by atoms with E-state index in [4.69, 9.17) is 11.6 Å².